The Kier molecular flexibility index (Phi) is 2.89. The fourth-order valence-electron chi connectivity index (χ4n) is 2.31. The second kappa shape index (κ2) is 4.75. The minimum Gasteiger partial charge on any atom is -0.361 e. The van der Waals surface area contributed by atoms with Crippen LogP contribution in [0.5, 0.6) is 0 Å². The molecular weight excluding hydrogens is 381 g/mol. The smallest absolute Gasteiger partial charge is 0.126 e. The first kappa shape index (κ1) is 12.2. The third-order valence-electron chi connectivity index (χ3n) is 3.24. The topological polar surface area (TPSA) is 40.7 Å². The van der Waals surface area contributed by atoms with Gasteiger partial charge >= 0.3 is 0 Å². The maximum absolute atomic E-state index is 4.41. The fraction of sp³-hybridized carbons (Fsp3) is 0. The van der Waals surface area contributed by atoms with Crippen molar-refractivity contribution in [2.75, 3.05) is 5.32 Å². The number of anilines is 2. The van der Waals surface area contributed by atoms with Crippen LogP contribution in [0.25, 0.3) is 21.1 Å². The molecule has 0 saturated heterocycles. The third-order valence-corrected chi connectivity index (χ3v) is 5.04. The first-order valence-corrected chi connectivity index (χ1v) is 8.07. The number of nitrogens with one attached hydrogen (secondary N) is 2. The maximum atomic E-state index is 4.41. The van der Waals surface area contributed by atoms with Crippen molar-refractivity contribution in [3.63, 3.8) is 0 Å². The Morgan fingerprint density at radius 2 is 2.10 bits per heavy atom. The van der Waals surface area contributed by atoms with Crippen LogP contribution in [0.3, 0.4) is 0 Å². The van der Waals surface area contributed by atoms with Gasteiger partial charge in [0, 0.05) is 34.4 Å². The SMILES string of the molecule is Ic1cc2c(Nc3ccc4[nH]ccc4c3)ccnc2s1. The predicted molar refractivity (Wildman–Crippen MR) is 93.9 cm³/mol. The van der Waals surface area contributed by atoms with E-state index in [-0.39, 0.29) is 0 Å². The molecule has 20 heavy (non-hydrogen) atoms. The molecule has 0 spiro atoms. The zero-order valence-corrected chi connectivity index (χ0v) is 13.3. The minimum absolute atomic E-state index is 1.07. The van der Waals surface area contributed by atoms with Crippen molar-refractivity contribution in [1.82, 2.24) is 9.97 Å². The second-order valence-corrected chi connectivity index (χ2v) is 7.46. The number of halogens is 1. The first-order valence-electron chi connectivity index (χ1n) is 6.18. The van der Waals surface area contributed by atoms with Crippen molar-refractivity contribution in [1.29, 1.82) is 0 Å². The normalized spacial score (nSPS) is 11.2. The van der Waals surface area contributed by atoms with Gasteiger partial charge in [0.15, 0.2) is 0 Å². The van der Waals surface area contributed by atoms with E-state index in [1.807, 2.05) is 18.5 Å². The van der Waals surface area contributed by atoms with Gasteiger partial charge < -0.3 is 10.3 Å². The summed E-state index contributed by atoms with van der Waals surface area (Å²) in [6.45, 7) is 0. The molecule has 3 aromatic heterocycles. The molecule has 0 fully saturated rings. The molecule has 3 nitrogen and oxygen atoms in total. The van der Waals surface area contributed by atoms with Crippen LogP contribution in [0.15, 0.2) is 48.8 Å². The Bertz CT molecular complexity index is 910. The van der Waals surface area contributed by atoms with E-state index in [0.717, 1.165) is 21.7 Å². The summed E-state index contributed by atoms with van der Waals surface area (Å²) in [5.74, 6) is 0. The van der Waals surface area contributed by atoms with Crippen molar-refractivity contribution in [3.05, 3.63) is 51.7 Å². The van der Waals surface area contributed by atoms with Crippen LogP contribution in [0.4, 0.5) is 11.4 Å². The summed E-state index contributed by atoms with van der Waals surface area (Å²) in [6.07, 6.45) is 3.81. The number of rotatable bonds is 2. The molecule has 4 aromatic rings. The summed E-state index contributed by atoms with van der Waals surface area (Å²) in [6, 6.07) is 12.6. The number of pyridine rings is 1. The molecule has 4 rings (SSSR count). The summed E-state index contributed by atoms with van der Waals surface area (Å²) in [5.41, 5.74) is 3.34. The molecule has 5 heteroatoms. The Morgan fingerprint density at radius 1 is 1.15 bits per heavy atom. The lowest BCUT2D eigenvalue weighted by atomic mass is 10.2. The van der Waals surface area contributed by atoms with E-state index in [9.17, 15) is 0 Å². The molecule has 0 aliphatic carbocycles. The highest BCUT2D eigenvalue weighted by Crippen LogP contribution is 2.32. The second-order valence-electron chi connectivity index (χ2n) is 4.53. The molecule has 3 heterocycles. The predicted octanol–water partition coefficient (Wildman–Crippen LogP) is 5.13. The van der Waals surface area contributed by atoms with Gasteiger partial charge in [0.05, 0.1) is 8.57 Å². The summed E-state index contributed by atoms with van der Waals surface area (Å²) in [7, 11) is 0. The van der Waals surface area contributed by atoms with E-state index in [4.69, 9.17) is 0 Å². The van der Waals surface area contributed by atoms with Gasteiger partial charge in [-0.2, -0.15) is 0 Å². The number of thiophene rings is 1. The zero-order valence-electron chi connectivity index (χ0n) is 10.4. The van der Waals surface area contributed by atoms with Crippen LogP contribution >= 0.6 is 33.9 Å². The maximum Gasteiger partial charge on any atom is 0.126 e. The van der Waals surface area contributed by atoms with Crippen molar-refractivity contribution >= 4 is 66.4 Å². The van der Waals surface area contributed by atoms with Gasteiger partial charge in [0.2, 0.25) is 0 Å². The Balaban J connectivity index is 1.79. The average molecular weight is 391 g/mol. The highest BCUT2D eigenvalue weighted by atomic mass is 127. The van der Waals surface area contributed by atoms with Crippen molar-refractivity contribution < 1.29 is 0 Å². The molecule has 98 valence electrons. The lowest BCUT2D eigenvalue weighted by molar-refractivity contribution is 1.43. The van der Waals surface area contributed by atoms with Crippen molar-refractivity contribution in [2.24, 2.45) is 0 Å². The Labute approximate surface area is 133 Å². The molecule has 0 atom stereocenters. The van der Waals surface area contributed by atoms with Gasteiger partial charge in [-0.15, -0.1) is 11.3 Å². The number of aromatic amines is 1. The van der Waals surface area contributed by atoms with E-state index < -0.39 is 0 Å². The van der Waals surface area contributed by atoms with Gasteiger partial charge in [-0.3, -0.25) is 0 Å². The molecular formula is C15H10IN3S. The lowest BCUT2D eigenvalue weighted by Crippen LogP contribution is -1.90. The first-order chi connectivity index (χ1) is 9.79. The van der Waals surface area contributed by atoms with E-state index in [1.54, 1.807) is 11.3 Å². The van der Waals surface area contributed by atoms with E-state index in [2.05, 4.69) is 68.2 Å². The number of fused-ring (bicyclic) bond motifs is 2. The quantitative estimate of drug-likeness (QED) is 0.466. The highest BCUT2D eigenvalue weighted by molar-refractivity contribution is 14.1. The number of aromatic nitrogens is 2. The molecule has 0 bridgehead atoms. The molecule has 0 aliphatic rings. The lowest BCUT2D eigenvalue weighted by Gasteiger charge is -2.07. The number of hydrogen-bond acceptors (Lipinski definition) is 3. The van der Waals surface area contributed by atoms with Gasteiger partial charge in [0.25, 0.3) is 0 Å². The fourth-order valence-corrected chi connectivity index (χ4v) is 4.00. The minimum atomic E-state index is 1.07. The zero-order chi connectivity index (χ0) is 13.5. The molecule has 0 aliphatic heterocycles. The number of benzene rings is 1. The Hall–Kier alpha value is -1.60. The van der Waals surface area contributed by atoms with Crippen molar-refractivity contribution in [2.45, 2.75) is 0 Å². The molecule has 0 radical (unpaired) electrons. The van der Waals surface area contributed by atoms with Gasteiger partial charge in [-0.1, -0.05) is 0 Å². The summed E-state index contributed by atoms with van der Waals surface area (Å²) in [5, 5.41) is 5.88. The van der Waals surface area contributed by atoms with Gasteiger partial charge in [-0.25, -0.2) is 4.98 Å². The van der Waals surface area contributed by atoms with Gasteiger partial charge in [0.1, 0.15) is 4.83 Å². The highest BCUT2D eigenvalue weighted by Gasteiger charge is 2.06. The van der Waals surface area contributed by atoms with E-state index in [0.29, 0.717) is 0 Å². The molecule has 0 unspecified atom stereocenters. The number of H-pyrrole nitrogens is 1. The Morgan fingerprint density at radius 3 is 3.05 bits per heavy atom. The molecule has 2 N–H and O–H groups in total. The summed E-state index contributed by atoms with van der Waals surface area (Å²) >= 11 is 4.05. The van der Waals surface area contributed by atoms with Crippen LogP contribution in [-0.4, -0.2) is 9.97 Å². The van der Waals surface area contributed by atoms with Crippen molar-refractivity contribution in [3.8, 4) is 0 Å². The van der Waals surface area contributed by atoms with Crippen LogP contribution in [-0.2, 0) is 0 Å². The monoisotopic (exact) mass is 391 g/mol. The van der Waals surface area contributed by atoms with Gasteiger partial charge in [-0.05, 0) is 59.0 Å². The molecule has 0 amide bonds. The summed E-state index contributed by atoms with van der Waals surface area (Å²) < 4.78 is 1.25. The molecule has 0 saturated carbocycles. The van der Waals surface area contributed by atoms with Crippen LogP contribution in [0.2, 0.25) is 0 Å². The summed E-state index contributed by atoms with van der Waals surface area (Å²) in [4.78, 5) is 8.69. The van der Waals surface area contributed by atoms with Crippen LogP contribution < -0.4 is 5.32 Å². The van der Waals surface area contributed by atoms with Crippen LogP contribution in [0, 0.1) is 2.88 Å². The largest absolute Gasteiger partial charge is 0.361 e. The number of hydrogen-bond donors (Lipinski definition) is 2. The average Bonchev–Trinajstić information content (AvgIpc) is 3.04. The third kappa shape index (κ3) is 2.06. The van der Waals surface area contributed by atoms with Crippen LogP contribution in [0.1, 0.15) is 0 Å². The van der Waals surface area contributed by atoms with E-state index >= 15 is 0 Å². The standard InChI is InChI=1S/C15H10IN3S/c16-14-8-11-13(4-6-18-15(11)20-14)19-10-1-2-12-9(7-10)3-5-17-12/h1-8,17H,(H,18,19). The number of nitrogens with zero attached hydrogens (tertiary/aromatic N) is 1. The van der Waals surface area contributed by atoms with E-state index in [1.165, 1.54) is 13.7 Å². The molecule has 1 aromatic carbocycles.